The summed E-state index contributed by atoms with van der Waals surface area (Å²) in [6.07, 6.45) is 0.139. The van der Waals surface area contributed by atoms with E-state index in [0.717, 1.165) is 6.21 Å². The lowest BCUT2D eigenvalue weighted by Crippen LogP contribution is -2.26. The normalized spacial score (nSPS) is 27.8. The molecule has 0 aromatic rings. The molecule has 0 bridgehead atoms. The molecule has 1 heterocycles. The highest BCUT2D eigenvalue weighted by Gasteiger charge is 2.21. The average molecular weight is 186 g/mol. The molecule has 0 aromatic carbocycles. The first-order valence-corrected chi connectivity index (χ1v) is 3.74. The maximum absolute atomic E-state index is 13.0. The molecule has 1 aliphatic heterocycles. The first-order valence-electron chi connectivity index (χ1n) is 3.74. The summed E-state index contributed by atoms with van der Waals surface area (Å²) < 4.78 is 13.0. The lowest BCUT2D eigenvalue weighted by Gasteiger charge is -2.13. The second-order valence-corrected chi connectivity index (χ2v) is 2.79. The van der Waals surface area contributed by atoms with Gasteiger partial charge in [-0.15, -0.1) is 0 Å². The van der Waals surface area contributed by atoms with Crippen LogP contribution >= 0.6 is 0 Å². The van der Waals surface area contributed by atoms with Crippen molar-refractivity contribution in [3.8, 4) is 0 Å². The Kier molecular flexibility index (Phi) is 2.94. The Hall–Kier alpha value is -1.46. The fourth-order valence-corrected chi connectivity index (χ4v) is 0.755. The van der Waals surface area contributed by atoms with Gasteiger partial charge in [-0.25, -0.2) is 19.4 Å². The van der Waals surface area contributed by atoms with E-state index in [0.29, 0.717) is 0 Å². The zero-order valence-electron chi connectivity index (χ0n) is 7.42. The van der Waals surface area contributed by atoms with Gasteiger partial charge < -0.3 is 10.0 Å². The molecule has 0 fully saturated rings. The van der Waals surface area contributed by atoms with E-state index in [4.69, 9.17) is 5.11 Å². The highest BCUT2D eigenvalue weighted by molar-refractivity contribution is 5.86. The zero-order chi connectivity index (χ0) is 9.84. The van der Waals surface area contributed by atoms with Gasteiger partial charge in [0.1, 0.15) is 0 Å². The predicted molar refractivity (Wildman–Crippen MR) is 49.4 cm³/mol. The van der Waals surface area contributed by atoms with Crippen molar-refractivity contribution in [3.05, 3.63) is 0 Å². The topological polar surface area (TPSA) is 60.5 Å². The van der Waals surface area contributed by atoms with Crippen molar-refractivity contribution in [2.75, 3.05) is 14.1 Å². The minimum atomic E-state index is -1.37. The molecule has 0 radical (unpaired) electrons. The van der Waals surface area contributed by atoms with Crippen molar-refractivity contribution >= 4 is 18.6 Å². The second kappa shape index (κ2) is 3.97. The van der Waals surface area contributed by atoms with Gasteiger partial charge in [-0.05, 0) is 0 Å². The standard InChI is InChI=1S/C7H11FN4O/c1-12(2)4-10-6-5(8)3-9-7(13)11-6/h3-6H,1-2H3,(H,11,13)/b10-4+. The molecule has 0 aromatic heterocycles. The third-order valence-electron chi connectivity index (χ3n) is 1.32. The molecule has 0 aliphatic carbocycles. The van der Waals surface area contributed by atoms with Gasteiger partial charge in [-0.3, -0.25) is 0 Å². The molecular formula is C7H11FN4O. The van der Waals surface area contributed by atoms with Crippen LogP contribution in [0.3, 0.4) is 0 Å². The van der Waals surface area contributed by atoms with Crippen LogP contribution in [0.25, 0.3) is 0 Å². The number of amidine groups is 1. The number of aliphatic hydroxyl groups excluding tert-OH is 1. The van der Waals surface area contributed by atoms with E-state index in [1.807, 2.05) is 0 Å². The third kappa shape index (κ3) is 2.81. The quantitative estimate of drug-likeness (QED) is 0.496. The van der Waals surface area contributed by atoms with Crippen LogP contribution in [0, 0.1) is 0 Å². The summed E-state index contributed by atoms with van der Waals surface area (Å²) in [5, 5.41) is 8.86. The van der Waals surface area contributed by atoms with E-state index in [1.54, 1.807) is 19.0 Å². The molecule has 1 aliphatic rings. The lowest BCUT2D eigenvalue weighted by atomic mass is 10.3. The summed E-state index contributed by atoms with van der Waals surface area (Å²) in [5.41, 5.74) is 0. The minimum Gasteiger partial charge on any atom is -0.479 e. The molecule has 6 heteroatoms. The van der Waals surface area contributed by atoms with Crippen molar-refractivity contribution in [2.24, 2.45) is 15.0 Å². The number of halogens is 1. The van der Waals surface area contributed by atoms with Crippen LogP contribution in [-0.2, 0) is 0 Å². The summed E-state index contributed by atoms with van der Waals surface area (Å²) in [5.74, 6) is 0. The highest BCUT2D eigenvalue weighted by Crippen LogP contribution is 2.07. The summed E-state index contributed by atoms with van der Waals surface area (Å²) in [7, 11) is 3.52. The smallest absolute Gasteiger partial charge is 0.311 e. The van der Waals surface area contributed by atoms with E-state index < -0.39 is 18.4 Å². The minimum absolute atomic E-state index is 0.435. The van der Waals surface area contributed by atoms with Crippen LogP contribution in [0.1, 0.15) is 0 Å². The Morgan fingerprint density at radius 1 is 1.69 bits per heavy atom. The number of nitrogens with zero attached hydrogens (tertiary/aromatic N) is 4. The monoisotopic (exact) mass is 186 g/mol. The van der Waals surface area contributed by atoms with E-state index in [2.05, 4.69) is 15.0 Å². The van der Waals surface area contributed by atoms with E-state index in [9.17, 15) is 4.39 Å². The summed E-state index contributed by atoms with van der Waals surface area (Å²) >= 11 is 0. The maximum atomic E-state index is 13.0. The summed E-state index contributed by atoms with van der Waals surface area (Å²) in [6, 6.07) is -0.435. The zero-order valence-corrected chi connectivity index (χ0v) is 7.42. The molecule has 2 unspecified atom stereocenters. The van der Waals surface area contributed by atoms with Gasteiger partial charge in [0.15, 0.2) is 12.3 Å². The number of aliphatic imine (C=N–C) groups is 3. The SMILES string of the molecule is CN(C)/C=N/C1N=C(O)N=CC1F. The molecule has 2 atom stereocenters. The Morgan fingerprint density at radius 2 is 2.38 bits per heavy atom. The van der Waals surface area contributed by atoms with E-state index >= 15 is 0 Å². The van der Waals surface area contributed by atoms with Crippen LogP contribution in [0.15, 0.2) is 15.0 Å². The van der Waals surface area contributed by atoms with Gasteiger partial charge in [-0.1, -0.05) is 0 Å². The van der Waals surface area contributed by atoms with Crippen molar-refractivity contribution in [3.63, 3.8) is 0 Å². The van der Waals surface area contributed by atoms with Crippen LogP contribution in [0.4, 0.5) is 4.39 Å². The van der Waals surface area contributed by atoms with Gasteiger partial charge >= 0.3 is 6.02 Å². The Labute approximate surface area is 75.3 Å². The molecule has 13 heavy (non-hydrogen) atoms. The fraction of sp³-hybridized carbons (Fsp3) is 0.571. The van der Waals surface area contributed by atoms with Gasteiger partial charge in [0.25, 0.3) is 0 Å². The summed E-state index contributed by atoms with van der Waals surface area (Å²) in [6.45, 7) is 0. The predicted octanol–water partition coefficient (Wildman–Crippen LogP) is 0.239. The average Bonchev–Trinajstić information content (AvgIpc) is 2.06. The molecule has 5 nitrogen and oxygen atoms in total. The Balaban J connectivity index is 2.64. The van der Waals surface area contributed by atoms with Gasteiger partial charge in [0.05, 0.1) is 6.34 Å². The summed E-state index contributed by atoms with van der Waals surface area (Å²) in [4.78, 5) is 12.3. The number of aliphatic hydroxyl groups is 1. The van der Waals surface area contributed by atoms with Crippen molar-refractivity contribution < 1.29 is 9.50 Å². The van der Waals surface area contributed by atoms with Crippen LogP contribution in [-0.4, -0.2) is 55.0 Å². The lowest BCUT2D eigenvalue weighted by molar-refractivity contribution is 0.363. The molecule has 1 rings (SSSR count). The molecule has 0 spiro atoms. The number of hydrogen-bond donors (Lipinski definition) is 1. The number of rotatable bonds is 2. The molecule has 0 saturated carbocycles. The van der Waals surface area contributed by atoms with Gasteiger partial charge in [-0.2, -0.15) is 0 Å². The molecular weight excluding hydrogens is 175 g/mol. The fourth-order valence-electron chi connectivity index (χ4n) is 0.755. The third-order valence-corrected chi connectivity index (χ3v) is 1.32. The van der Waals surface area contributed by atoms with Crippen LogP contribution < -0.4 is 0 Å². The van der Waals surface area contributed by atoms with Crippen molar-refractivity contribution in [1.82, 2.24) is 4.90 Å². The second-order valence-electron chi connectivity index (χ2n) is 2.79. The number of alkyl halides is 1. The van der Waals surface area contributed by atoms with Gasteiger partial charge in [0.2, 0.25) is 0 Å². The molecule has 0 amide bonds. The largest absolute Gasteiger partial charge is 0.479 e. The first kappa shape index (κ1) is 9.63. The number of hydrogen-bond acceptors (Lipinski definition) is 3. The molecule has 1 N–H and O–H groups in total. The molecule has 0 saturated heterocycles. The Morgan fingerprint density at radius 3 is 3.00 bits per heavy atom. The van der Waals surface area contributed by atoms with Crippen molar-refractivity contribution in [2.45, 2.75) is 12.3 Å². The first-order chi connectivity index (χ1) is 6.09. The van der Waals surface area contributed by atoms with Gasteiger partial charge in [0, 0.05) is 20.3 Å². The molecule has 72 valence electrons. The maximum Gasteiger partial charge on any atom is 0.311 e. The van der Waals surface area contributed by atoms with E-state index in [1.165, 1.54) is 6.34 Å². The van der Waals surface area contributed by atoms with Crippen LogP contribution in [0.2, 0.25) is 0 Å². The highest BCUT2D eigenvalue weighted by atomic mass is 19.1. The van der Waals surface area contributed by atoms with Crippen molar-refractivity contribution in [1.29, 1.82) is 0 Å². The van der Waals surface area contributed by atoms with E-state index in [-0.39, 0.29) is 0 Å². The van der Waals surface area contributed by atoms with Crippen LogP contribution in [0.5, 0.6) is 0 Å². The Bertz CT molecular complexity index is 261.